The molecule has 0 saturated carbocycles. The third-order valence-electron chi connectivity index (χ3n) is 8.19. The number of hydrogen-bond acceptors (Lipinski definition) is 8. The summed E-state index contributed by atoms with van der Waals surface area (Å²) in [7, 11) is 0. The van der Waals surface area contributed by atoms with Crippen molar-refractivity contribution in [2.24, 2.45) is 17.6 Å². The van der Waals surface area contributed by atoms with Gasteiger partial charge >= 0.3 is 0 Å². The second-order valence-electron chi connectivity index (χ2n) is 12.5. The van der Waals surface area contributed by atoms with Crippen molar-refractivity contribution < 1.29 is 33.5 Å². The Kier molecular flexibility index (Phi) is 14.3. The summed E-state index contributed by atoms with van der Waals surface area (Å²) in [6, 6.07) is 10.2. The molecule has 0 radical (unpaired) electrons. The van der Waals surface area contributed by atoms with Gasteiger partial charge in [0.25, 0.3) is 5.91 Å². The smallest absolute Gasteiger partial charge is 0.290 e. The van der Waals surface area contributed by atoms with E-state index in [2.05, 4.69) is 21.3 Å². The molecule has 1 aliphatic heterocycles. The fourth-order valence-electron chi connectivity index (χ4n) is 5.32. The molecule has 1 saturated heterocycles. The molecule has 256 valence electrons. The molecule has 4 atom stereocenters. The number of morpholine rings is 1. The number of nitrogens with two attached hydrogens (primary N) is 1. The van der Waals surface area contributed by atoms with Gasteiger partial charge in [-0.2, -0.15) is 0 Å². The SMILES string of the molecule is CCC(C)C(NC(=O)C(CC(C)C)NC(=O)CN1CCOCC1)C(=O)C(=O)NCC(=O)NC(Cc1ccc2ccccc2c1)C(N)=O. The van der Waals surface area contributed by atoms with Gasteiger partial charge < -0.3 is 31.7 Å². The number of Topliss-reactive ketones (excluding diaryl/α,β-unsaturated/α-hetero) is 1. The Balaban J connectivity index is 1.58. The van der Waals surface area contributed by atoms with Crippen molar-refractivity contribution in [2.75, 3.05) is 39.4 Å². The number of carbonyl (C=O) groups excluding carboxylic acids is 6. The van der Waals surface area contributed by atoms with Gasteiger partial charge in [0.05, 0.1) is 32.3 Å². The summed E-state index contributed by atoms with van der Waals surface area (Å²) in [5.74, 6) is -4.70. The molecule has 6 N–H and O–H groups in total. The Labute approximate surface area is 275 Å². The number of carbonyl (C=O) groups is 6. The number of primary amides is 1. The largest absolute Gasteiger partial charge is 0.379 e. The molecule has 3 rings (SSSR count). The molecule has 5 amide bonds. The summed E-state index contributed by atoms with van der Waals surface area (Å²) in [6.45, 7) is 9.18. The van der Waals surface area contributed by atoms with Crippen molar-refractivity contribution in [3.8, 4) is 0 Å². The molecule has 2 aromatic carbocycles. The molecule has 4 unspecified atom stereocenters. The first-order chi connectivity index (χ1) is 22.4. The standard InChI is InChI=1S/C34H48N6O7/c1-5-22(4)30(39-33(45)27(16-21(2)3)38-29(42)20-40-12-14-47-15-13-40)31(43)34(46)36-19-28(41)37-26(32(35)44)18-23-10-11-24-8-6-7-9-25(24)17-23/h6-11,17,21-22,26-27,30H,5,12-16,18-20H2,1-4H3,(H2,35,44)(H,36,46)(H,37,41)(H,38,42)(H,39,45). The predicted molar refractivity (Wildman–Crippen MR) is 177 cm³/mol. The van der Waals surface area contributed by atoms with Crippen molar-refractivity contribution >= 4 is 46.1 Å². The first-order valence-electron chi connectivity index (χ1n) is 16.2. The Hall–Kier alpha value is -4.36. The third kappa shape index (κ3) is 11.7. The fraction of sp³-hybridized carbons (Fsp3) is 0.529. The summed E-state index contributed by atoms with van der Waals surface area (Å²) < 4.78 is 5.32. The van der Waals surface area contributed by atoms with E-state index < -0.39 is 60.0 Å². The average Bonchev–Trinajstić information content (AvgIpc) is 3.04. The second kappa shape index (κ2) is 18.1. The van der Waals surface area contributed by atoms with E-state index in [1.807, 2.05) is 68.1 Å². The molecule has 13 nitrogen and oxygen atoms in total. The van der Waals surface area contributed by atoms with Gasteiger partial charge in [-0.15, -0.1) is 0 Å². The van der Waals surface area contributed by atoms with Gasteiger partial charge in [-0.05, 0) is 34.6 Å². The van der Waals surface area contributed by atoms with E-state index in [-0.39, 0.29) is 24.8 Å². The normalized spacial score (nSPS) is 16.0. The number of rotatable bonds is 17. The lowest BCUT2D eigenvalue weighted by molar-refractivity contribution is -0.142. The van der Waals surface area contributed by atoms with E-state index in [4.69, 9.17) is 10.5 Å². The van der Waals surface area contributed by atoms with Crippen LogP contribution in [0, 0.1) is 11.8 Å². The highest BCUT2D eigenvalue weighted by Crippen LogP contribution is 2.17. The van der Waals surface area contributed by atoms with Gasteiger partial charge in [0, 0.05) is 19.5 Å². The van der Waals surface area contributed by atoms with Crippen LogP contribution in [0.2, 0.25) is 0 Å². The summed E-state index contributed by atoms with van der Waals surface area (Å²) in [5.41, 5.74) is 6.33. The first-order valence-corrected chi connectivity index (χ1v) is 16.2. The van der Waals surface area contributed by atoms with Crippen molar-refractivity contribution in [2.45, 2.75) is 65.1 Å². The molecule has 1 aliphatic rings. The number of ketones is 1. The predicted octanol–water partition coefficient (Wildman–Crippen LogP) is 0.432. The second-order valence-corrected chi connectivity index (χ2v) is 12.5. The van der Waals surface area contributed by atoms with Crippen molar-refractivity contribution in [1.82, 2.24) is 26.2 Å². The molecular weight excluding hydrogens is 604 g/mol. The topological polar surface area (TPSA) is 189 Å². The molecule has 1 fully saturated rings. The van der Waals surface area contributed by atoms with Gasteiger partial charge in [0.2, 0.25) is 29.4 Å². The van der Waals surface area contributed by atoms with Gasteiger partial charge in [0.15, 0.2) is 0 Å². The maximum Gasteiger partial charge on any atom is 0.290 e. The number of hydrogen-bond donors (Lipinski definition) is 5. The zero-order valence-electron chi connectivity index (χ0n) is 27.7. The van der Waals surface area contributed by atoms with Crippen molar-refractivity contribution in [3.63, 3.8) is 0 Å². The minimum Gasteiger partial charge on any atom is -0.379 e. The zero-order valence-corrected chi connectivity index (χ0v) is 27.7. The fourth-order valence-corrected chi connectivity index (χ4v) is 5.32. The molecule has 13 heteroatoms. The average molecular weight is 653 g/mol. The van der Waals surface area contributed by atoms with Crippen LogP contribution in [0.3, 0.4) is 0 Å². The Morgan fingerprint density at radius 3 is 2.17 bits per heavy atom. The van der Waals surface area contributed by atoms with Gasteiger partial charge in [-0.1, -0.05) is 76.6 Å². The van der Waals surface area contributed by atoms with E-state index in [1.54, 1.807) is 6.92 Å². The molecule has 0 bridgehead atoms. The number of nitrogens with one attached hydrogen (secondary N) is 4. The number of amides is 5. The molecule has 2 aromatic rings. The quantitative estimate of drug-likeness (QED) is 0.152. The van der Waals surface area contributed by atoms with Crippen LogP contribution < -0.4 is 27.0 Å². The summed E-state index contributed by atoms with van der Waals surface area (Å²) in [4.78, 5) is 79.1. The van der Waals surface area contributed by atoms with Crippen LogP contribution in [0.4, 0.5) is 0 Å². The number of nitrogens with zero attached hydrogens (tertiary/aromatic N) is 1. The maximum atomic E-state index is 13.4. The highest BCUT2D eigenvalue weighted by molar-refractivity contribution is 6.38. The molecule has 1 heterocycles. The van der Waals surface area contributed by atoms with Crippen LogP contribution in [0.1, 0.15) is 46.1 Å². The Morgan fingerprint density at radius 2 is 1.53 bits per heavy atom. The van der Waals surface area contributed by atoms with E-state index in [9.17, 15) is 28.8 Å². The molecule has 0 aliphatic carbocycles. The number of fused-ring (bicyclic) bond motifs is 1. The maximum absolute atomic E-state index is 13.4. The van der Waals surface area contributed by atoms with Crippen LogP contribution in [0.25, 0.3) is 10.8 Å². The van der Waals surface area contributed by atoms with E-state index in [0.29, 0.717) is 39.1 Å². The first kappa shape index (κ1) is 37.1. The highest BCUT2D eigenvalue weighted by atomic mass is 16.5. The van der Waals surface area contributed by atoms with E-state index in [0.717, 1.165) is 16.3 Å². The summed E-state index contributed by atoms with van der Waals surface area (Å²) in [6.07, 6.45) is 0.938. The van der Waals surface area contributed by atoms with Crippen LogP contribution in [-0.2, 0) is 39.9 Å². The summed E-state index contributed by atoms with van der Waals surface area (Å²) >= 11 is 0. The molecule has 0 spiro atoms. The third-order valence-corrected chi connectivity index (χ3v) is 8.19. The van der Waals surface area contributed by atoms with Gasteiger partial charge in [-0.3, -0.25) is 33.7 Å². The van der Waals surface area contributed by atoms with Crippen molar-refractivity contribution in [1.29, 1.82) is 0 Å². The van der Waals surface area contributed by atoms with Crippen LogP contribution in [0.5, 0.6) is 0 Å². The van der Waals surface area contributed by atoms with E-state index >= 15 is 0 Å². The van der Waals surface area contributed by atoms with Crippen LogP contribution in [0.15, 0.2) is 42.5 Å². The Morgan fingerprint density at radius 1 is 0.872 bits per heavy atom. The monoisotopic (exact) mass is 652 g/mol. The van der Waals surface area contributed by atoms with Gasteiger partial charge in [-0.25, -0.2) is 0 Å². The lowest BCUT2D eigenvalue weighted by Crippen LogP contribution is -2.57. The lowest BCUT2D eigenvalue weighted by Gasteiger charge is -2.28. The minimum absolute atomic E-state index is 0.0551. The molecular formula is C34H48N6O7. The summed E-state index contributed by atoms with van der Waals surface area (Å²) in [5, 5.41) is 12.3. The molecule has 0 aromatic heterocycles. The van der Waals surface area contributed by atoms with Crippen LogP contribution in [-0.4, -0.2) is 97.7 Å². The van der Waals surface area contributed by atoms with Crippen LogP contribution >= 0.6 is 0 Å². The Bertz CT molecular complexity index is 1420. The number of benzene rings is 2. The highest BCUT2D eigenvalue weighted by Gasteiger charge is 2.34. The zero-order chi connectivity index (χ0) is 34.5. The number of ether oxygens (including phenoxy) is 1. The van der Waals surface area contributed by atoms with Gasteiger partial charge in [0.1, 0.15) is 12.1 Å². The van der Waals surface area contributed by atoms with Crippen molar-refractivity contribution in [3.05, 3.63) is 48.0 Å². The minimum atomic E-state index is -1.19. The van der Waals surface area contributed by atoms with E-state index in [1.165, 1.54) is 0 Å². The molecule has 47 heavy (non-hydrogen) atoms. The lowest BCUT2D eigenvalue weighted by atomic mass is 9.93.